The first-order chi connectivity index (χ1) is 7.43. The van der Waals surface area contributed by atoms with Crippen molar-refractivity contribution in [2.75, 3.05) is 21.3 Å². The minimum Gasteiger partial charge on any atom is -0.496 e. The van der Waals surface area contributed by atoms with E-state index in [1.807, 2.05) is 0 Å². The summed E-state index contributed by atoms with van der Waals surface area (Å²) in [4.78, 5) is 0. The summed E-state index contributed by atoms with van der Waals surface area (Å²) in [5, 5.41) is 0. The zero-order valence-corrected chi connectivity index (χ0v) is 13.8. The molecule has 0 saturated carbocycles. The van der Waals surface area contributed by atoms with Crippen molar-refractivity contribution in [3.05, 3.63) is 17.7 Å². The molecular weight excluding hydrogens is 408 g/mol. The topological polar surface area (TPSA) is 27.7 Å². The molecular formula is C10H11Br3O3. The molecule has 6 heteroatoms. The Morgan fingerprint density at radius 3 is 1.56 bits per heavy atom. The third kappa shape index (κ3) is 3.05. The molecule has 0 aliphatic rings. The minimum atomic E-state index is -0.601. The van der Waals surface area contributed by atoms with E-state index >= 15 is 0 Å². The van der Waals surface area contributed by atoms with Gasteiger partial charge >= 0.3 is 0 Å². The van der Waals surface area contributed by atoms with Crippen LogP contribution in [0.2, 0.25) is 0 Å². The normalized spacial score (nSPS) is 11.1. The van der Waals surface area contributed by atoms with Crippen molar-refractivity contribution in [1.82, 2.24) is 0 Å². The maximum absolute atomic E-state index is 5.31. The molecule has 0 saturated heterocycles. The largest absolute Gasteiger partial charge is 0.496 e. The van der Waals surface area contributed by atoms with Crippen molar-refractivity contribution in [3.8, 4) is 17.2 Å². The van der Waals surface area contributed by atoms with E-state index < -0.39 is 2.14 Å². The molecule has 0 aromatic heterocycles. The molecule has 3 nitrogen and oxygen atoms in total. The molecule has 0 unspecified atom stereocenters. The van der Waals surface area contributed by atoms with E-state index in [4.69, 9.17) is 14.2 Å². The highest BCUT2D eigenvalue weighted by molar-refractivity contribution is 9.38. The maximum atomic E-state index is 5.31. The van der Waals surface area contributed by atoms with Gasteiger partial charge in [-0.3, -0.25) is 0 Å². The van der Waals surface area contributed by atoms with Gasteiger partial charge in [-0.15, -0.1) is 0 Å². The summed E-state index contributed by atoms with van der Waals surface area (Å²) in [6, 6.07) is 3.58. The molecule has 0 bridgehead atoms. The first-order valence-electron chi connectivity index (χ1n) is 4.31. The third-order valence-corrected chi connectivity index (χ3v) is 3.19. The van der Waals surface area contributed by atoms with Crippen molar-refractivity contribution >= 4 is 47.8 Å². The summed E-state index contributed by atoms with van der Waals surface area (Å²) in [6.07, 6.45) is 0. The summed E-state index contributed by atoms with van der Waals surface area (Å²) in [5.74, 6) is 1.98. The molecule has 0 aliphatic heterocycles. The summed E-state index contributed by atoms with van der Waals surface area (Å²) in [6.45, 7) is 0. The van der Waals surface area contributed by atoms with Crippen LogP contribution < -0.4 is 14.2 Å². The molecule has 1 rings (SSSR count). The quantitative estimate of drug-likeness (QED) is 0.694. The van der Waals surface area contributed by atoms with Gasteiger partial charge < -0.3 is 14.2 Å². The molecule has 0 heterocycles. The number of halogens is 3. The zero-order valence-electron chi connectivity index (χ0n) is 9.01. The van der Waals surface area contributed by atoms with Crippen LogP contribution in [0.25, 0.3) is 0 Å². The monoisotopic (exact) mass is 416 g/mol. The molecule has 16 heavy (non-hydrogen) atoms. The number of hydrogen-bond donors (Lipinski definition) is 0. The Bertz CT molecular complexity index is 349. The minimum absolute atomic E-state index is 0.601. The summed E-state index contributed by atoms with van der Waals surface area (Å²) in [7, 11) is 4.78. The molecule has 0 atom stereocenters. The Labute approximate surface area is 120 Å². The lowest BCUT2D eigenvalue weighted by Gasteiger charge is -2.20. The maximum Gasteiger partial charge on any atom is 0.167 e. The Kier molecular flexibility index (Phi) is 4.94. The SMILES string of the molecule is COc1cc(OC)c(C(Br)(Br)Br)c(OC)c1. The van der Waals surface area contributed by atoms with Crippen molar-refractivity contribution in [3.63, 3.8) is 0 Å². The van der Waals surface area contributed by atoms with Crippen LogP contribution in [0.5, 0.6) is 17.2 Å². The van der Waals surface area contributed by atoms with E-state index in [9.17, 15) is 0 Å². The van der Waals surface area contributed by atoms with Crippen LogP contribution in [-0.4, -0.2) is 21.3 Å². The van der Waals surface area contributed by atoms with E-state index in [1.54, 1.807) is 33.5 Å². The second kappa shape index (κ2) is 5.60. The predicted molar refractivity (Wildman–Crippen MR) is 74.6 cm³/mol. The lowest BCUT2D eigenvalue weighted by atomic mass is 10.2. The zero-order chi connectivity index (χ0) is 12.3. The highest BCUT2D eigenvalue weighted by atomic mass is 80.0. The van der Waals surface area contributed by atoms with Crippen molar-refractivity contribution in [2.45, 2.75) is 2.14 Å². The number of benzene rings is 1. The first kappa shape index (κ1) is 14.1. The van der Waals surface area contributed by atoms with Crippen LogP contribution in [0.15, 0.2) is 12.1 Å². The molecule has 0 amide bonds. The van der Waals surface area contributed by atoms with Gasteiger partial charge in [0.15, 0.2) is 2.14 Å². The fraction of sp³-hybridized carbons (Fsp3) is 0.400. The highest BCUT2D eigenvalue weighted by Crippen LogP contribution is 2.53. The van der Waals surface area contributed by atoms with Crippen LogP contribution in [0.4, 0.5) is 0 Å². The Balaban J connectivity index is 3.44. The van der Waals surface area contributed by atoms with Gasteiger partial charge in [-0.2, -0.15) is 0 Å². The van der Waals surface area contributed by atoms with Crippen molar-refractivity contribution < 1.29 is 14.2 Å². The van der Waals surface area contributed by atoms with Crippen molar-refractivity contribution in [1.29, 1.82) is 0 Å². The second-order valence-electron chi connectivity index (χ2n) is 2.90. The number of rotatable bonds is 3. The number of ether oxygens (including phenoxy) is 3. The lowest BCUT2D eigenvalue weighted by molar-refractivity contribution is 0.370. The summed E-state index contributed by atoms with van der Waals surface area (Å²) >= 11 is 10.3. The van der Waals surface area contributed by atoms with Gasteiger partial charge in [-0.1, -0.05) is 47.8 Å². The predicted octanol–water partition coefficient (Wildman–Crippen LogP) is 4.01. The van der Waals surface area contributed by atoms with E-state index in [-0.39, 0.29) is 0 Å². The molecule has 0 spiro atoms. The number of methoxy groups -OCH3 is 3. The summed E-state index contributed by atoms with van der Waals surface area (Å²) < 4.78 is 15.2. The molecule has 1 aromatic carbocycles. The average molecular weight is 419 g/mol. The second-order valence-corrected chi connectivity index (χ2v) is 9.67. The smallest absolute Gasteiger partial charge is 0.167 e. The van der Waals surface area contributed by atoms with Gasteiger partial charge in [-0.25, -0.2) is 0 Å². The van der Waals surface area contributed by atoms with Crippen LogP contribution in [0.1, 0.15) is 5.56 Å². The van der Waals surface area contributed by atoms with Gasteiger partial charge in [0.05, 0.1) is 26.9 Å². The van der Waals surface area contributed by atoms with E-state index in [0.29, 0.717) is 17.2 Å². The third-order valence-electron chi connectivity index (χ3n) is 2.00. The average Bonchev–Trinajstić information content (AvgIpc) is 2.25. The van der Waals surface area contributed by atoms with Gasteiger partial charge in [0.1, 0.15) is 17.2 Å². The highest BCUT2D eigenvalue weighted by Gasteiger charge is 2.30. The van der Waals surface area contributed by atoms with Crippen molar-refractivity contribution in [2.24, 2.45) is 0 Å². The van der Waals surface area contributed by atoms with E-state index in [1.165, 1.54) is 0 Å². The van der Waals surface area contributed by atoms with Gasteiger partial charge in [-0.05, 0) is 0 Å². The van der Waals surface area contributed by atoms with Gasteiger partial charge in [0.25, 0.3) is 0 Å². The Morgan fingerprint density at radius 1 is 0.875 bits per heavy atom. The van der Waals surface area contributed by atoms with E-state index in [2.05, 4.69) is 47.8 Å². The standard InChI is InChI=1S/C10H11Br3O3/c1-14-6-4-7(15-2)9(10(11,12)13)8(5-6)16-3/h4-5H,1-3H3. The number of alkyl halides is 3. The number of hydrogen-bond acceptors (Lipinski definition) is 3. The molecule has 0 radical (unpaired) electrons. The van der Waals surface area contributed by atoms with Crippen LogP contribution in [0.3, 0.4) is 0 Å². The molecule has 1 aromatic rings. The fourth-order valence-corrected chi connectivity index (χ4v) is 2.46. The van der Waals surface area contributed by atoms with E-state index in [0.717, 1.165) is 5.56 Å². The molecule has 0 N–H and O–H groups in total. The van der Waals surface area contributed by atoms with Crippen LogP contribution in [-0.2, 0) is 2.14 Å². The fourth-order valence-electron chi connectivity index (χ4n) is 1.29. The van der Waals surface area contributed by atoms with Crippen LogP contribution >= 0.6 is 47.8 Å². The van der Waals surface area contributed by atoms with Gasteiger partial charge in [0, 0.05) is 12.1 Å². The summed E-state index contributed by atoms with van der Waals surface area (Å²) in [5.41, 5.74) is 0.804. The first-order valence-corrected chi connectivity index (χ1v) is 6.69. The lowest BCUT2D eigenvalue weighted by Crippen LogP contribution is -2.05. The molecule has 0 aliphatic carbocycles. The van der Waals surface area contributed by atoms with Crippen LogP contribution in [0, 0.1) is 0 Å². The Hall–Kier alpha value is 0.0600. The molecule has 0 fully saturated rings. The van der Waals surface area contributed by atoms with Gasteiger partial charge in [0.2, 0.25) is 0 Å². The molecule has 90 valence electrons. The Morgan fingerprint density at radius 2 is 1.31 bits per heavy atom.